The molecule has 2 nitrogen and oxygen atoms in total. The number of hydrogen-bond donors (Lipinski definition) is 0. The monoisotopic (exact) mass is 311 g/mol. The Morgan fingerprint density at radius 1 is 0.667 bits per heavy atom. The van der Waals surface area contributed by atoms with E-state index < -0.39 is 0 Å². The van der Waals surface area contributed by atoms with E-state index in [1.165, 1.54) is 11.1 Å². The first-order valence-electron chi connectivity index (χ1n) is 7.99. The first-order chi connectivity index (χ1) is 11.8. The van der Waals surface area contributed by atoms with Crippen molar-refractivity contribution in [3.8, 4) is 33.9 Å². The van der Waals surface area contributed by atoms with Gasteiger partial charge in [-0.2, -0.15) is 0 Å². The first kappa shape index (κ1) is 14.5. The van der Waals surface area contributed by atoms with Crippen LogP contribution in [0.2, 0.25) is 0 Å². The zero-order valence-corrected chi connectivity index (χ0v) is 13.4. The third-order valence-corrected chi connectivity index (χ3v) is 4.16. The largest absolute Gasteiger partial charge is 0.436 e. The maximum atomic E-state index is 5.97. The molecule has 0 atom stereocenters. The average molecular weight is 311 g/mol. The van der Waals surface area contributed by atoms with Crippen LogP contribution in [0, 0.1) is 6.92 Å². The summed E-state index contributed by atoms with van der Waals surface area (Å²) in [4.78, 5) is 4.44. The van der Waals surface area contributed by atoms with Crippen molar-refractivity contribution in [2.75, 3.05) is 0 Å². The summed E-state index contributed by atoms with van der Waals surface area (Å²) in [6.07, 6.45) is 1.79. The number of aromatic nitrogens is 1. The Kier molecular flexibility index (Phi) is 3.72. The molecule has 116 valence electrons. The Morgan fingerprint density at radius 2 is 1.29 bits per heavy atom. The number of oxazole rings is 1. The lowest BCUT2D eigenvalue weighted by Crippen LogP contribution is -1.81. The molecule has 0 saturated heterocycles. The van der Waals surface area contributed by atoms with Gasteiger partial charge < -0.3 is 4.42 Å². The van der Waals surface area contributed by atoms with Crippen molar-refractivity contribution in [3.63, 3.8) is 0 Å². The predicted molar refractivity (Wildman–Crippen MR) is 97.5 cm³/mol. The summed E-state index contributed by atoms with van der Waals surface area (Å²) in [5.74, 6) is 1.45. The molecule has 3 aromatic carbocycles. The predicted octanol–water partition coefficient (Wildman–Crippen LogP) is 5.98. The van der Waals surface area contributed by atoms with Crippen LogP contribution in [0.25, 0.3) is 33.9 Å². The molecule has 0 radical (unpaired) electrons. The minimum atomic E-state index is 0.662. The molecule has 2 heteroatoms. The number of hydrogen-bond acceptors (Lipinski definition) is 2. The third-order valence-electron chi connectivity index (χ3n) is 4.16. The van der Waals surface area contributed by atoms with Crippen molar-refractivity contribution >= 4 is 0 Å². The van der Waals surface area contributed by atoms with Gasteiger partial charge in [-0.05, 0) is 29.7 Å². The summed E-state index contributed by atoms with van der Waals surface area (Å²) < 4.78 is 5.97. The molecule has 0 bridgehead atoms. The van der Waals surface area contributed by atoms with Gasteiger partial charge in [-0.1, -0.05) is 72.8 Å². The standard InChI is InChI=1S/C22H17NO/c1-16-7-5-6-10-20(16)22-23-15-21(24-22)19-13-11-18(12-14-19)17-8-3-2-4-9-17/h2-15H,1H3. The van der Waals surface area contributed by atoms with Crippen LogP contribution in [0.4, 0.5) is 0 Å². The topological polar surface area (TPSA) is 26.0 Å². The highest BCUT2D eigenvalue weighted by Gasteiger charge is 2.10. The van der Waals surface area contributed by atoms with Gasteiger partial charge in [-0.15, -0.1) is 0 Å². The van der Waals surface area contributed by atoms with Crippen molar-refractivity contribution in [1.29, 1.82) is 0 Å². The fraction of sp³-hybridized carbons (Fsp3) is 0.0455. The van der Waals surface area contributed by atoms with Gasteiger partial charge in [0, 0.05) is 11.1 Å². The van der Waals surface area contributed by atoms with Gasteiger partial charge >= 0.3 is 0 Å². The van der Waals surface area contributed by atoms with Crippen molar-refractivity contribution < 1.29 is 4.42 Å². The van der Waals surface area contributed by atoms with Crippen LogP contribution in [-0.2, 0) is 0 Å². The zero-order valence-electron chi connectivity index (χ0n) is 13.4. The normalized spacial score (nSPS) is 10.7. The van der Waals surface area contributed by atoms with E-state index in [0.717, 1.165) is 22.5 Å². The van der Waals surface area contributed by atoms with E-state index in [0.29, 0.717) is 5.89 Å². The van der Waals surface area contributed by atoms with E-state index in [-0.39, 0.29) is 0 Å². The molecule has 4 aromatic rings. The third kappa shape index (κ3) is 2.74. The van der Waals surface area contributed by atoms with Crippen molar-refractivity contribution in [2.45, 2.75) is 6.92 Å². The van der Waals surface area contributed by atoms with Gasteiger partial charge in [0.25, 0.3) is 0 Å². The second-order valence-electron chi connectivity index (χ2n) is 5.79. The second kappa shape index (κ2) is 6.17. The number of nitrogens with zero attached hydrogens (tertiary/aromatic N) is 1. The summed E-state index contributed by atoms with van der Waals surface area (Å²) in [6.45, 7) is 2.06. The van der Waals surface area contributed by atoms with Gasteiger partial charge in [-0.25, -0.2) is 4.98 Å². The SMILES string of the molecule is Cc1ccccc1-c1ncc(-c2ccc(-c3ccccc3)cc2)o1. The maximum absolute atomic E-state index is 5.97. The maximum Gasteiger partial charge on any atom is 0.226 e. The van der Waals surface area contributed by atoms with Crippen LogP contribution in [0.3, 0.4) is 0 Å². The quantitative estimate of drug-likeness (QED) is 0.465. The van der Waals surface area contributed by atoms with E-state index in [1.807, 2.05) is 36.4 Å². The van der Waals surface area contributed by atoms with E-state index in [4.69, 9.17) is 4.42 Å². The molecule has 0 fully saturated rings. The second-order valence-corrected chi connectivity index (χ2v) is 5.79. The molecular formula is C22H17NO. The highest BCUT2D eigenvalue weighted by Crippen LogP contribution is 2.29. The Morgan fingerprint density at radius 3 is 2.04 bits per heavy atom. The summed E-state index contributed by atoms with van der Waals surface area (Å²) >= 11 is 0. The molecule has 1 heterocycles. The Labute approximate surface area is 141 Å². The van der Waals surface area contributed by atoms with Gasteiger partial charge in [-0.3, -0.25) is 0 Å². The van der Waals surface area contributed by atoms with E-state index >= 15 is 0 Å². The first-order valence-corrected chi connectivity index (χ1v) is 7.99. The highest BCUT2D eigenvalue weighted by molar-refractivity contribution is 5.69. The molecule has 24 heavy (non-hydrogen) atoms. The van der Waals surface area contributed by atoms with Crippen LogP contribution < -0.4 is 0 Å². The lowest BCUT2D eigenvalue weighted by atomic mass is 10.0. The highest BCUT2D eigenvalue weighted by atomic mass is 16.4. The van der Waals surface area contributed by atoms with Crippen molar-refractivity contribution in [1.82, 2.24) is 4.98 Å². The average Bonchev–Trinajstić information content (AvgIpc) is 3.13. The molecular weight excluding hydrogens is 294 g/mol. The summed E-state index contributed by atoms with van der Waals surface area (Å²) in [5.41, 5.74) is 5.62. The Bertz CT molecular complexity index is 953. The van der Waals surface area contributed by atoms with E-state index in [1.54, 1.807) is 6.20 Å². The van der Waals surface area contributed by atoms with E-state index in [2.05, 4.69) is 54.4 Å². The lowest BCUT2D eigenvalue weighted by Gasteiger charge is -2.03. The van der Waals surface area contributed by atoms with Crippen LogP contribution in [0.15, 0.2) is 89.5 Å². The van der Waals surface area contributed by atoms with Gasteiger partial charge in [0.2, 0.25) is 5.89 Å². The summed E-state index contributed by atoms with van der Waals surface area (Å²) in [6, 6.07) is 26.8. The van der Waals surface area contributed by atoms with E-state index in [9.17, 15) is 0 Å². The number of aryl methyl sites for hydroxylation is 1. The molecule has 1 aromatic heterocycles. The van der Waals surface area contributed by atoms with Crippen LogP contribution in [-0.4, -0.2) is 4.98 Å². The smallest absolute Gasteiger partial charge is 0.226 e. The molecule has 0 unspecified atom stereocenters. The van der Waals surface area contributed by atoms with Crippen LogP contribution in [0.1, 0.15) is 5.56 Å². The van der Waals surface area contributed by atoms with Gasteiger partial charge in [0.05, 0.1) is 6.20 Å². The molecule has 0 saturated carbocycles. The molecule has 0 aliphatic rings. The summed E-state index contributed by atoms with van der Waals surface area (Å²) in [5, 5.41) is 0. The molecule has 0 aliphatic heterocycles. The van der Waals surface area contributed by atoms with Crippen LogP contribution in [0.5, 0.6) is 0 Å². The molecule has 4 rings (SSSR count). The molecule has 0 N–H and O–H groups in total. The van der Waals surface area contributed by atoms with Crippen LogP contribution >= 0.6 is 0 Å². The number of benzene rings is 3. The Hall–Kier alpha value is -3.13. The lowest BCUT2D eigenvalue weighted by molar-refractivity contribution is 0.588. The fourth-order valence-corrected chi connectivity index (χ4v) is 2.80. The molecule has 0 aliphatic carbocycles. The fourth-order valence-electron chi connectivity index (χ4n) is 2.80. The zero-order chi connectivity index (χ0) is 16.4. The molecule has 0 amide bonds. The Balaban J connectivity index is 1.65. The van der Waals surface area contributed by atoms with Crippen molar-refractivity contribution in [2.24, 2.45) is 0 Å². The number of rotatable bonds is 3. The molecule has 0 spiro atoms. The summed E-state index contributed by atoms with van der Waals surface area (Å²) in [7, 11) is 0. The van der Waals surface area contributed by atoms with Gasteiger partial charge in [0.15, 0.2) is 5.76 Å². The minimum absolute atomic E-state index is 0.662. The van der Waals surface area contributed by atoms with Crippen molar-refractivity contribution in [3.05, 3.63) is 90.6 Å². The van der Waals surface area contributed by atoms with Gasteiger partial charge in [0.1, 0.15) is 0 Å². The minimum Gasteiger partial charge on any atom is -0.436 e.